The predicted octanol–water partition coefficient (Wildman–Crippen LogP) is 1.26. The molecule has 2 N–H and O–H groups in total. The summed E-state index contributed by atoms with van der Waals surface area (Å²) in [4.78, 5) is 25.0. The fourth-order valence-electron chi connectivity index (χ4n) is 2.77. The summed E-state index contributed by atoms with van der Waals surface area (Å²) in [5, 5.41) is 5.17. The van der Waals surface area contributed by atoms with E-state index in [2.05, 4.69) is 17.2 Å². The maximum atomic E-state index is 12.7. The second kappa shape index (κ2) is 10.6. The normalized spacial score (nSPS) is 11.6. The molecule has 2 aromatic rings. The smallest absolute Gasteiger partial charge is 0.253 e. The van der Waals surface area contributed by atoms with Gasteiger partial charge in [0.2, 0.25) is 26.0 Å². The highest BCUT2D eigenvalue weighted by molar-refractivity contribution is 7.92. The molecule has 12 heteroatoms. The number of amides is 2. The summed E-state index contributed by atoms with van der Waals surface area (Å²) in [7, 11) is -4.82. The third kappa shape index (κ3) is 6.63. The topological polar surface area (TPSA) is 133 Å². The van der Waals surface area contributed by atoms with Crippen LogP contribution in [0.2, 0.25) is 0 Å². The largest absolute Gasteiger partial charge is 0.349 e. The fourth-order valence-corrected chi connectivity index (χ4v) is 4.52. The zero-order chi connectivity index (χ0) is 24.8. The van der Waals surface area contributed by atoms with Gasteiger partial charge in [0.25, 0.3) is 5.91 Å². The van der Waals surface area contributed by atoms with Gasteiger partial charge in [-0.15, -0.1) is 6.58 Å². The van der Waals surface area contributed by atoms with Gasteiger partial charge in [0, 0.05) is 20.6 Å². The Kier molecular flexibility index (Phi) is 8.36. The van der Waals surface area contributed by atoms with Crippen LogP contribution in [0.3, 0.4) is 0 Å². The quantitative estimate of drug-likeness (QED) is 0.478. The number of carbonyl (C=O) groups excluding carboxylic acids is 2. The lowest BCUT2D eigenvalue weighted by molar-refractivity contribution is -0.114. The summed E-state index contributed by atoms with van der Waals surface area (Å²) in [6, 6.07) is 11.4. The number of nitrogens with one attached hydrogen (secondary N) is 2. The Hall–Kier alpha value is -3.22. The number of hydrogen-bond donors (Lipinski definition) is 2. The van der Waals surface area contributed by atoms with E-state index >= 15 is 0 Å². The molecule has 0 aliphatic heterocycles. The van der Waals surface area contributed by atoms with E-state index in [0.29, 0.717) is 0 Å². The van der Waals surface area contributed by atoms with Crippen LogP contribution in [0.1, 0.15) is 10.4 Å². The summed E-state index contributed by atoms with van der Waals surface area (Å²) in [6.45, 7) is 3.18. The van der Waals surface area contributed by atoms with Crippen molar-refractivity contribution in [3.8, 4) is 0 Å². The van der Waals surface area contributed by atoms with E-state index in [-0.39, 0.29) is 28.4 Å². The van der Waals surface area contributed by atoms with Crippen molar-refractivity contribution in [1.29, 1.82) is 0 Å². The minimum Gasteiger partial charge on any atom is -0.349 e. The van der Waals surface area contributed by atoms with Crippen LogP contribution in [-0.4, -0.2) is 66.4 Å². The number of carbonyl (C=O) groups is 2. The number of para-hydroxylation sites is 1. The molecule has 2 aromatic carbocycles. The molecule has 178 valence electrons. The average Bonchev–Trinajstić information content (AvgIpc) is 2.75. The number of sulfonamides is 2. The molecule has 0 heterocycles. The number of hydrogen-bond acceptors (Lipinski definition) is 6. The van der Waals surface area contributed by atoms with Crippen molar-refractivity contribution >= 4 is 43.2 Å². The van der Waals surface area contributed by atoms with Gasteiger partial charge in [-0.05, 0) is 36.4 Å². The fraction of sp³-hybridized carbons (Fsp3) is 0.238. The maximum Gasteiger partial charge on any atom is 0.253 e. The first-order chi connectivity index (χ1) is 15.4. The highest BCUT2D eigenvalue weighted by Gasteiger charge is 2.23. The number of rotatable bonds is 10. The van der Waals surface area contributed by atoms with Crippen molar-refractivity contribution in [2.45, 2.75) is 4.90 Å². The third-order valence-corrected chi connectivity index (χ3v) is 7.41. The Labute approximate surface area is 194 Å². The molecule has 0 bridgehead atoms. The van der Waals surface area contributed by atoms with Crippen molar-refractivity contribution in [2.75, 3.05) is 43.1 Å². The van der Waals surface area contributed by atoms with Crippen LogP contribution in [0.4, 0.5) is 11.4 Å². The summed E-state index contributed by atoms with van der Waals surface area (Å²) >= 11 is 0. The van der Waals surface area contributed by atoms with Gasteiger partial charge in [0.15, 0.2) is 0 Å². The minimum absolute atomic E-state index is 0.0198. The predicted molar refractivity (Wildman–Crippen MR) is 127 cm³/mol. The lowest BCUT2D eigenvalue weighted by atomic mass is 10.1. The monoisotopic (exact) mass is 494 g/mol. The average molecular weight is 495 g/mol. The van der Waals surface area contributed by atoms with E-state index in [1.807, 2.05) is 0 Å². The third-order valence-electron chi connectivity index (χ3n) is 4.44. The van der Waals surface area contributed by atoms with E-state index in [1.54, 1.807) is 12.1 Å². The molecule has 0 saturated carbocycles. The van der Waals surface area contributed by atoms with Crippen LogP contribution in [-0.2, 0) is 24.8 Å². The summed E-state index contributed by atoms with van der Waals surface area (Å²) < 4.78 is 51.0. The molecule has 33 heavy (non-hydrogen) atoms. The molecule has 0 saturated heterocycles. The lowest BCUT2D eigenvalue weighted by Gasteiger charge is -2.22. The van der Waals surface area contributed by atoms with Crippen LogP contribution < -0.4 is 14.9 Å². The van der Waals surface area contributed by atoms with Crippen LogP contribution >= 0.6 is 0 Å². The van der Waals surface area contributed by atoms with Crippen molar-refractivity contribution < 1.29 is 26.4 Å². The molecule has 0 aliphatic rings. The van der Waals surface area contributed by atoms with E-state index < -0.39 is 38.4 Å². The first kappa shape index (κ1) is 26.0. The number of anilines is 2. The van der Waals surface area contributed by atoms with Gasteiger partial charge >= 0.3 is 0 Å². The number of nitrogens with zero attached hydrogens (tertiary/aromatic N) is 2. The van der Waals surface area contributed by atoms with Crippen LogP contribution in [0.5, 0.6) is 0 Å². The van der Waals surface area contributed by atoms with E-state index in [9.17, 15) is 26.4 Å². The first-order valence-corrected chi connectivity index (χ1v) is 12.9. The van der Waals surface area contributed by atoms with Crippen molar-refractivity contribution in [3.63, 3.8) is 0 Å². The van der Waals surface area contributed by atoms with Gasteiger partial charge in [-0.25, -0.2) is 21.1 Å². The Balaban J connectivity index is 2.27. The highest BCUT2D eigenvalue weighted by Crippen LogP contribution is 2.22. The summed E-state index contributed by atoms with van der Waals surface area (Å²) in [6.07, 6.45) is 2.44. The summed E-state index contributed by atoms with van der Waals surface area (Å²) in [5.41, 5.74) is 0.532. The molecule has 0 unspecified atom stereocenters. The van der Waals surface area contributed by atoms with Gasteiger partial charge in [-0.2, -0.15) is 0 Å². The molecular weight excluding hydrogens is 468 g/mol. The van der Waals surface area contributed by atoms with Crippen LogP contribution in [0, 0.1) is 0 Å². The molecule has 0 aromatic heterocycles. The molecular formula is C21H26N4O6S2. The zero-order valence-electron chi connectivity index (χ0n) is 18.5. The molecule has 0 atom stereocenters. The zero-order valence-corrected chi connectivity index (χ0v) is 20.1. The second-order valence-electron chi connectivity index (χ2n) is 7.14. The van der Waals surface area contributed by atoms with Gasteiger partial charge in [0.1, 0.15) is 6.54 Å². The minimum atomic E-state index is -3.89. The van der Waals surface area contributed by atoms with E-state index in [1.165, 1.54) is 56.6 Å². The van der Waals surface area contributed by atoms with Gasteiger partial charge in [-0.3, -0.25) is 13.9 Å². The summed E-state index contributed by atoms with van der Waals surface area (Å²) in [5.74, 6) is -1.11. The number of benzene rings is 2. The van der Waals surface area contributed by atoms with E-state index in [0.717, 1.165) is 14.9 Å². The van der Waals surface area contributed by atoms with Gasteiger partial charge < -0.3 is 10.6 Å². The van der Waals surface area contributed by atoms with Gasteiger partial charge in [0.05, 0.1) is 28.1 Å². The van der Waals surface area contributed by atoms with Crippen molar-refractivity contribution in [2.24, 2.45) is 0 Å². The van der Waals surface area contributed by atoms with Crippen LogP contribution in [0.25, 0.3) is 0 Å². The molecule has 10 nitrogen and oxygen atoms in total. The maximum absolute atomic E-state index is 12.7. The SMILES string of the molecule is C=CCNC(=O)c1ccccc1NC(=O)CN(c1ccc(S(=O)(=O)N(C)C)cc1)S(C)(=O)=O. The molecule has 0 aliphatic carbocycles. The Morgan fingerprint density at radius 1 is 1.00 bits per heavy atom. The highest BCUT2D eigenvalue weighted by atomic mass is 32.2. The van der Waals surface area contributed by atoms with Crippen molar-refractivity contribution in [3.05, 3.63) is 66.7 Å². The first-order valence-electron chi connectivity index (χ1n) is 9.66. The van der Waals surface area contributed by atoms with Crippen LogP contribution in [0.15, 0.2) is 66.1 Å². The van der Waals surface area contributed by atoms with E-state index in [4.69, 9.17) is 0 Å². The van der Waals surface area contributed by atoms with Gasteiger partial charge in [-0.1, -0.05) is 18.2 Å². The Bertz CT molecular complexity index is 1240. The van der Waals surface area contributed by atoms with Crippen molar-refractivity contribution in [1.82, 2.24) is 9.62 Å². The molecule has 2 rings (SSSR count). The molecule has 0 fully saturated rings. The molecule has 0 radical (unpaired) electrons. The Morgan fingerprint density at radius 2 is 1.61 bits per heavy atom. The Morgan fingerprint density at radius 3 is 2.15 bits per heavy atom. The molecule has 2 amide bonds. The lowest BCUT2D eigenvalue weighted by Crippen LogP contribution is -2.37. The molecule has 0 spiro atoms. The standard InChI is InChI=1S/C21H26N4O6S2/c1-5-14-22-21(27)18-8-6-7-9-19(18)23-20(26)15-25(32(4,28)29)16-10-12-17(13-11-16)33(30,31)24(2)3/h5-13H,1,14-15H2,2-4H3,(H,22,27)(H,23,26). The second-order valence-corrected chi connectivity index (χ2v) is 11.2.